The summed E-state index contributed by atoms with van der Waals surface area (Å²) in [6.07, 6.45) is 11.9. The van der Waals surface area contributed by atoms with E-state index >= 15 is 0 Å². The highest BCUT2D eigenvalue weighted by molar-refractivity contribution is 5.77. The largest absolute Gasteiger partial charge is 0.286 e. The first-order valence-electron chi connectivity index (χ1n) is 7.07. The Hall–Kier alpha value is -1.37. The molecule has 0 amide bonds. The number of aryl methyl sites for hydroxylation is 1. The maximum Gasteiger partial charge on any atom is 0.0846 e. The van der Waals surface area contributed by atoms with E-state index in [0.29, 0.717) is 6.04 Å². The molecule has 1 aliphatic heterocycles. The van der Waals surface area contributed by atoms with Crippen LogP contribution in [0, 0.1) is 0 Å². The SMILES string of the molecule is C/C(=C\CCC1C=N1)CCCCc1ccccc1. The number of hydrogen-bond donors (Lipinski definition) is 0. The summed E-state index contributed by atoms with van der Waals surface area (Å²) in [5.74, 6) is 0. The Morgan fingerprint density at radius 1 is 1.22 bits per heavy atom. The van der Waals surface area contributed by atoms with Crippen LogP contribution in [0.1, 0.15) is 44.6 Å². The molecule has 1 atom stereocenters. The summed E-state index contributed by atoms with van der Waals surface area (Å²) in [6, 6.07) is 11.4. The van der Waals surface area contributed by atoms with Crippen LogP contribution in [0.5, 0.6) is 0 Å². The lowest BCUT2D eigenvalue weighted by Crippen LogP contribution is -1.88. The first-order valence-corrected chi connectivity index (χ1v) is 7.07. The van der Waals surface area contributed by atoms with Gasteiger partial charge in [-0.1, -0.05) is 42.0 Å². The van der Waals surface area contributed by atoms with E-state index in [1.54, 1.807) is 5.57 Å². The molecule has 2 rings (SSSR count). The third-order valence-corrected chi connectivity index (χ3v) is 3.44. The van der Waals surface area contributed by atoms with Crippen molar-refractivity contribution in [2.45, 2.75) is 51.5 Å². The summed E-state index contributed by atoms with van der Waals surface area (Å²) in [7, 11) is 0. The molecule has 1 nitrogen and oxygen atoms in total. The molecule has 1 unspecified atom stereocenters. The third kappa shape index (κ3) is 5.31. The number of benzene rings is 1. The van der Waals surface area contributed by atoms with Gasteiger partial charge in [0, 0.05) is 6.21 Å². The molecule has 0 aromatic heterocycles. The molecule has 18 heavy (non-hydrogen) atoms. The van der Waals surface area contributed by atoms with E-state index in [9.17, 15) is 0 Å². The van der Waals surface area contributed by atoms with E-state index < -0.39 is 0 Å². The van der Waals surface area contributed by atoms with Crippen LogP contribution in [0.15, 0.2) is 47.0 Å². The summed E-state index contributed by atoms with van der Waals surface area (Å²) >= 11 is 0. The van der Waals surface area contributed by atoms with Gasteiger partial charge in [0.05, 0.1) is 6.04 Å². The van der Waals surface area contributed by atoms with Gasteiger partial charge in [-0.2, -0.15) is 0 Å². The number of allylic oxidation sites excluding steroid dienone is 2. The van der Waals surface area contributed by atoms with Crippen molar-refractivity contribution in [1.82, 2.24) is 0 Å². The number of hydrogen-bond acceptors (Lipinski definition) is 1. The Kier molecular flexibility index (Phi) is 5.19. The molecule has 0 aliphatic carbocycles. The van der Waals surface area contributed by atoms with Crippen LogP contribution in [-0.4, -0.2) is 12.3 Å². The lowest BCUT2D eigenvalue weighted by molar-refractivity contribution is 0.724. The molecule has 0 saturated heterocycles. The van der Waals surface area contributed by atoms with Crippen LogP contribution in [-0.2, 0) is 6.42 Å². The minimum atomic E-state index is 0.576. The Labute approximate surface area is 111 Å². The maximum absolute atomic E-state index is 4.15. The average molecular weight is 241 g/mol. The predicted molar refractivity (Wildman–Crippen MR) is 79.3 cm³/mol. The molecular formula is C17H23N. The van der Waals surface area contributed by atoms with Gasteiger partial charge in [0.2, 0.25) is 0 Å². The molecule has 1 heteroatoms. The zero-order valence-electron chi connectivity index (χ0n) is 11.3. The summed E-state index contributed by atoms with van der Waals surface area (Å²) in [6.45, 7) is 2.26. The van der Waals surface area contributed by atoms with Crippen LogP contribution in [0.4, 0.5) is 0 Å². The van der Waals surface area contributed by atoms with Crippen molar-refractivity contribution in [2.24, 2.45) is 4.99 Å². The molecule has 1 aromatic rings. The molecule has 0 bridgehead atoms. The van der Waals surface area contributed by atoms with Crippen molar-refractivity contribution in [3.8, 4) is 0 Å². The molecule has 1 heterocycles. The number of unbranched alkanes of at least 4 members (excludes halogenated alkanes) is 1. The second kappa shape index (κ2) is 7.15. The molecule has 96 valence electrons. The van der Waals surface area contributed by atoms with E-state index in [1.165, 1.54) is 44.1 Å². The summed E-state index contributed by atoms with van der Waals surface area (Å²) in [4.78, 5) is 4.15. The van der Waals surface area contributed by atoms with Crippen molar-refractivity contribution in [2.75, 3.05) is 0 Å². The van der Waals surface area contributed by atoms with Crippen molar-refractivity contribution >= 4 is 6.21 Å². The summed E-state index contributed by atoms with van der Waals surface area (Å²) in [5, 5.41) is 0. The van der Waals surface area contributed by atoms with Gasteiger partial charge in [0.1, 0.15) is 0 Å². The quantitative estimate of drug-likeness (QED) is 0.466. The molecule has 0 radical (unpaired) electrons. The van der Waals surface area contributed by atoms with Crippen LogP contribution in [0.3, 0.4) is 0 Å². The van der Waals surface area contributed by atoms with Gasteiger partial charge in [-0.05, 0) is 51.0 Å². The van der Waals surface area contributed by atoms with E-state index in [0.717, 1.165) is 0 Å². The van der Waals surface area contributed by atoms with Crippen LogP contribution in [0.2, 0.25) is 0 Å². The van der Waals surface area contributed by atoms with Gasteiger partial charge in [-0.25, -0.2) is 0 Å². The fourth-order valence-electron chi connectivity index (χ4n) is 2.19. The van der Waals surface area contributed by atoms with Gasteiger partial charge >= 0.3 is 0 Å². The van der Waals surface area contributed by atoms with Crippen molar-refractivity contribution in [3.05, 3.63) is 47.5 Å². The highest BCUT2D eigenvalue weighted by atomic mass is 14.9. The minimum Gasteiger partial charge on any atom is -0.286 e. The highest BCUT2D eigenvalue weighted by Gasteiger charge is 2.10. The smallest absolute Gasteiger partial charge is 0.0846 e. The molecule has 1 aromatic carbocycles. The van der Waals surface area contributed by atoms with E-state index in [-0.39, 0.29) is 0 Å². The number of rotatable bonds is 8. The zero-order valence-corrected chi connectivity index (χ0v) is 11.3. The van der Waals surface area contributed by atoms with E-state index in [1.807, 2.05) is 6.21 Å². The van der Waals surface area contributed by atoms with Crippen LogP contribution < -0.4 is 0 Å². The van der Waals surface area contributed by atoms with E-state index in [4.69, 9.17) is 0 Å². The van der Waals surface area contributed by atoms with E-state index in [2.05, 4.69) is 48.3 Å². The molecular weight excluding hydrogens is 218 g/mol. The van der Waals surface area contributed by atoms with Gasteiger partial charge < -0.3 is 0 Å². The van der Waals surface area contributed by atoms with Gasteiger partial charge in [-0.3, -0.25) is 4.99 Å². The minimum absolute atomic E-state index is 0.576. The number of nitrogens with zero attached hydrogens (tertiary/aromatic N) is 1. The van der Waals surface area contributed by atoms with Crippen molar-refractivity contribution < 1.29 is 0 Å². The Morgan fingerprint density at radius 2 is 2.00 bits per heavy atom. The Bertz CT molecular complexity index is 397. The fourth-order valence-corrected chi connectivity index (χ4v) is 2.19. The standard InChI is InChI=1S/C17H23N/c1-15(9-7-13-17-14-18-17)8-5-6-12-16-10-3-2-4-11-16/h2-4,9-11,14,17H,5-8,12-13H2,1H3/b15-9+. The van der Waals surface area contributed by atoms with Gasteiger partial charge in [0.15, 0.2) is 0 Å². The third-order valence-electron chi connectivity index (χ3n) is 3.44. The second-order valence-corrected chi connectivity index (χ2v) is 5.19. The topological polar surface area (TPSA) is 12.4 Å². The van der Waals surface area contributed by atoms with Crippen molar-refractivity contribution in [3.63, 3.8) is 0 Å². The lowest BCUT2D eigenvalue weighted by Gasteiger charge is -2.03. The molecule has 0 N–H and O–H groups in total. The number of aliphatic imine (C=N–C) groups is 1. The fraction of sp³-hybridized carbons (Fsp3) is 0.471. The van der Waals surface area contributed by atoms with Crippen LogP contribution in [0.25, 0.3) is 0 Å². The lowest BCUT2D eigenvalue weighted by atomic mass is 10.0. The molecule has 0 saturated carbocycles. The Morgan fingerprint density at radius 3 is 2.72 bits per heavy atom. The van der Waals surface area contributed by atoms with Crippen LogP contribution >= 0.6 is 0 Å². The van der Waals surface area contributed by atoms with Gasteiger partial charge in [0.25, 0.3) is 0 Å². The first kappa shape index (κ1) is 13.1. The summed E-state index contributed by atoms with van der Waals surface area (Å²) in [5.41, 5.74) is 3.01. The molecule has 1 aliphatic rings. The normalized spacial score (nSPS) is 18.1. The zero-order chi connectivity index (χ0) is 12.6. The predicted octanol–water partition coefficient (Wildman–Crippen LogP) is 4.58. The average Bonchev–Trinajstić information content (AvgIpc) is 3.20. The second-order valence-electron chi connectivity index (χ2n) is 5.19. The van der Waals surface area contributed by atoms with Gasteiger partial charge in [-0.15, -0.1) is 0 Å². The van der Waals surface area contributed by atoms with Crippen molar-refractivity contribution in [1.29, 1.82) is 0 Å². The summed E-state index contributed by atoms with van der Waals surface area (Å²) < 4.78 is 0. The first-order chi connectivity index (χ1) is 8.84. The highest BCUT2D eigenvalue weighted by Crippen LogP contribution is 2.14. The monoisotopic (exact) mass is 241 g/mol. The maximum atomic E-state index is 4.15. The molecule has 0 spiro atoms. The molecule has 0 fully saturated rings. The Balaban J connectivity index is 1.54.